The molecule has 0 aromatic rings. The quantitative estimate of drug-likeness (QED) is 0.0222. The number of aliphatic hydroxyl groups excluding tert-OH is 1. The lowest BCUT2D eigenvalue weighted by Crippen LogP contribution is -2.30. The van der Waals surface area contributed by atoms with Crippen molar-refractivity contribution >= 4 is 39.5 Å². The predicted molar refractivity (Wildman–Crippen MR) is 423 cm³/mol. The lowest BCUT2D eigenvalue weighted by molar-refractivity contribution is -0.161. The summed E-state index contributed by atoms with van der Waals surface area (Å²) in [6, 6.07) is 0. The Labute approximate surface area is 632 Å². The van der Waals surface area contributed by atoms with Crippen molar-refractivity contribution in [3.8, 4) is 0 Å². The monoisotopic (exact) mass is 1510 g/mol. The van der Waals surface area contributed by atoms with Gasteiger partial charge in [0.2, 0.25) is 0 Å². The van der Waals surface area contributed by atoms with Crippen molar-refractivity contribution < 1.29 is 80.2 Å². The van der Waals surface area contributed by atoms with Gasteiger partial charge in [-0.25, -0.2) is 9.13 Å². The van der Waals surface area contributed by atoms with E-state index in [9.17, 15) is 43.2 Å². The highest BCUT2D eigenvalue weighted by atomic mass is 31.2. The molecular weight excluding hydrogens is 1340 g/mol. The van der Waals surface area contributed by atoms with Crippen LogP contribution in [0.3, 0.4) is 0 Å². The molecular formula is C84H164O17P2. The molecule has 0 aliphatic heterocycles. The molecule has 0 aromatic heterocycles. The van der Waals surface area contributed by atoms with Crippen molar-refractivity contribution in [2.45, 2.75) is 458 Å². The number of ether oxygens (including phenoxy) is 4. The first-order valence-corrected chi connectivity index (χ1v) is 46.5. The van der Waals surface area contributed by atoms with E-state index in [0.717, 1.165) is 108 Å². The molecule has 0 fully saturated rings. The minimum Gasteiger partial charge on any atom is -0.462 e. The van der Waals surface area contributed by atoms with Gasteiger partial charge < -0.3 is 33.8 Å². The minimum absolute atomic E-state index is 0.105. The van der Waals surface area contributed by atoms with Crippen molar-refractivity contribution in [2.24, 2.45) is 17.8 Å². The number of aliphatic hydroxyl groups is 1. The first-order chi connectivity index (χ1) is 49.8. The number of carbonyl (C=O) groups excluding carboxylic acids is 4. The van der Waals surface area contributed by atoms with Crippen LogP contribution in [0.25, 0.3) is 0 Å². The van der Waals surface area contributed by atoms with Gasteiger partial charge in [-0.15, -0.1) is 0 Å². The summed E-state index contributed by atoms with van der Waals surface area (Å²) in [5.41, 5.74) is 0. The van der Waals surface area contributed by atoms with Crippen molar-refractivity contribution in [3.05, 3.63) is 0 Å². The number of phosphoric ester groups is 2. The van der Waals surface area contributed by atoms with Crippen LogP contribution in [-0.2, 0) is 65.4 Å². The van der Waals surface area contributed by atoms with Crippen LogP contribution in [0.1, 0.15) is 440 Å². The van der Waals surface area contributed by atoms with Gasteiger partial charge in [0.15, 0.2) is 12.2 Å². The number of phosphoric acid groups is 2. The Morgan fingerprint density at radius 3 is 0.689 bits per heavy atom. The molecule has 0 spiro atoms. The first-order valence-electron chi connectivity index (χ1n) is 43.5. The minimum atomic E-state index is -4.97. The molecule has 612 valence electrons. The van der Waals surface area contributed by atoms with Gasteiger partial charge in [-0.1, -0.05) is 389 Å². The lowest BCUT2D eigenvalue weighted by Gasteiger charge is -2.21. The highest BCUT2D eigenvalue weighted by Gasteiger charge is 2.30. The van der Waals surface area contributed by atoms with Gasteiger partial charge in [-0.05, 0) is 43.4 Å². The molecule has 0 aliphatic carbocycles. The van der Waals surface area contributed by atoms with Crippen molar-refractivity contribution in [2.75, 3.05) is 39.6 Å². The second kappa shape index (κ2) is 74.2. The summed E-state index contributed by atoms with van der Waals surface area (Å²) in [5.74, 6) is 0.309. The summed E-state index contributed by atoms with van der Waals surface area (Å²) in [7, 11) is -9.93. The number of unbranched alkanes of at least 4 members (excludes halogenated alkanes) is 47. The van der Waals surface area contributed by atoms with Crippen LogP contribution < -0.4 is 0 Å². The smallest absolute Gasteiger partial charge is 0.462 e. The Morgan fingerprint density at radius 1 is 0.272 bits per heavy atom. The first kappa shape index (κ1) is 101. The maximum Gasteiger partial charge on any atom is 0.472 e. The lowest BCUT2D eigenvalue weighted by atomic mass is 9.99. The van der Waals surface area contributed by atoms with E-state index in [1.807, 2.05) is 0 Å². The van der Waals surface area contributed by atoms with E-state index < -0.39 is 97.5 Å². The van der Waals surface area contributed by atoms with Crippen molar-refractivity contribution in [1.29, 1.82) is 0 Å². The fourth-order valence-electron chi connectivity index (χ4n) is 12.9. The van der Waals surface area contributed by atoms with Gasteiger partial charge >= 0.3 is 39.5 Å². The summed E-state index contributed by atoms with van der Waals surface area (Å²) < 4.78 is 68.8. The van der Waals surface area contributed by atoms with E-state index >= 15 is 0 Å². The molecule has 17 nitrogen and oxygen atoms in total. The topological polar surface area (TPSA) is 237 Å². The van der Waals surface area contributed by atoms with Gasteiger partial charge in [0.1, 0.15) is 19.3 Å². The van der Waals surface area contributed by atoms with Gasteiger partial charge in [0, 0.05) is 25.7 Å². The van der Waals surface area contributed by atoms with Gasteiger partial charge in [0.25, 0.3) is 0 Å². The number of hydrogen-bond acceptors (Lipinski definition) is 15. The molecule has 103 heavy (non-hydrogen) atoms. The summed E-state index contributed by atoms with van der Waals surface area (Å²) in [6.45, 7) is 12.0. The zero-order chi connectivity index (χ0) is 75.8. The number of carbonyl (C=O) groups is 4. The summed E-state index contributed by atoms with van der Waals surface area (Å²) in [5, 5.41) is 10.7. The maximum absolute atomic E-state index is 13.1. The van der Waals surface area contributed by atoms with Crippen LogP contribution in [0.4, 0.5) is 0 Å². The van der Waals surface area contributed by atoms with E-state index in [1.54, 1.807) is 0 Å². The zero-order valence-corrected chi connectivity index (χ0v) is 69.6. The van der Waals surface area contributed by atoms with E-state index in [4.69, 9.17) is 37.0 Å². The highest BCUT2D eigenvalue weighted by Crippen LogP contribution is 2.45. The number of rotatable bonds is 82. The average Bonchev–Trinajstić information content (AvgIpc) is 0.907. The fourth-order valence-corrected chi connectivity index (χ4v) is 14.5. The summed E-state index contributed by atoms with van der Waals surface area (Å²) in [6.07, 6.45) is 63.8. The molecule has 0 saturated carbocycles. The van der Waals surface area contributed by atoms with E-state index in [2.05, 4.69) is 48.5 Å². The Balaban J connectivity index is 5.23. The fraction of sp³-hybridized carbons (Fsp3) is 0.952. The molecule has 0 bridgehead atoms. The largest absolute Gasteiger partial charge is 0.472 e. The van der Waals surface area contributed by atoms with Gasteiger partial charge in [0.05, 0.1) is 26.4 Å². The second-order valence-corrected chi connectivity index (χ2v) is 33.9. The van der Waals surface area contributed by atoms with E-state index in [0.29, 0.717) is 25.7 Å². The predicted octanol–water partition coefficient (Wildman–Crippen LogP) is 25.3. The van der Waals surface area contributed by atoms with Crippen LogP contribution >= 0.6 is 15.6 Å². The summed E-state index contributed by atoms with van der Waals surface area (Å²) >= 11 is 0. The van der Waals surface area contributed by atoms with Crippen LogP contribution in [0.2, 0.25) is 0 Å². The number of esters is 4. The SMILES string of the molecule is CCCCCCCCCCCCCCCCCCCC(=O)OC[C@H](COP(=O)(O)OC[C@@H](O)COP(=O)(O)OC[C@@H](COC(=O)CCCCCCCCCCC(C)CC)OC(=O)CCCCCCCCCCC(C)CC)OC(=O)CCCCCCCCCCCCCCCCCCCCC(C)CC. The standard InChI is InChI=1S/C84H164O17P2/c1-8-12-13-14-15-16-17-18-19-22-26-29-32-35-44-51-58-65-81(86)94-71-79(100-83(88)67-60-53-46-36-33-30-27-24-21-20-23-25-28-31-34-41-48-55-62-75(5)9-2)73-98-102(90,91)96-69-78(85)70-97-103(92,93)99-74-80(101-84(89)68-61-54-47-40-38-43-50-57-64-77(7)11-4)72-95-82(87)66-59-52-45-39-37-42-49-56-63-76(6)10-3/h75-80,85H,8-74H2,1-7H3,(H,90,91)(H,92,93)/t75?,76?,77?,78-,79-,80-/m1/s1. The zero-order valence-electron chi connectivity index (χ0n) is 67.8. The van der Waals surface area contributed by atoms with Crippen LogP contribution in [-0.4, -0.2) is 96.7 Å². The number of hydrogen-bond donors (Lipinski definition) is 3. The van der Waals surface area contributed by atoms with Crippen LogP contribution in [0, 0.1) is 17.8 Å². The third-order valence-corrected chi connectivity index (χ3v) is 22.6. The second-order valence-electron chi connectivity index (χ2n) is 30.9. The van der Waals surface area contributed by atoms with E-state index in [1.165, 1.54) is 250 Å². The molecule has 8 atom stereocenters. The normalized spacial score (nSPS) is 14.7. The van der Waals surface area contributed by atoms with Crippen LogP contribution in [0.5, 0.6) is 0 Å². The molecule has 5 unspecified atom stereocenters. The highest BCUT2D eigenvalue weighted by molar-refractivity contribution is 7.47. The third kappa shape index (κ3) is 74.0. The molecule has 3 N–H and O–H groups in total. The molecule has 0 heterocycles. The maximum atomic E-state index is 13.1. The molecule has 0 aromatic carbocycles. The van der Waals surface area contributed by atoms with E-state index in [-0.39, 0.29) is 25.7 Å². The molecule has 19 heteroatoms. The van der Waals surface area contributed by atoms with Gasteiger partial charge in [-0.3, -0.25) is 37.3 Å². The Hall–Kier alpha value is -1.94. The Morgan fingerprint density at radius 2 is 0.466 bits per heavy atom. The van der Waals surface area contributed by atoms with Gasteiger partial charge in [-0.2, -0.15) is 0 Å². The van der Waals surface area contributed by atoms with Crippen LogP contribution in [0.15, 0.2) is 0 Å². The third-order valence-electron chi connectivity index (χ3n) is 20.7. The molecule has 0 radical (unpaired) electrons. The van der Waals surface area contributed by atoms with Crippen molar-refractivity contribution in [1.82, 2.24) is 0 Å². The van der Waals surface area contributed by atoms with Crippen molar-refractivity contribution in [3.63, 3.8) is 0 Å². The molecule has 0 amide bonds. The Kier molecular flexibility index (Phi) is 72.8. The average molecular weight is 1510 g/mol. The molecule has 0 aliphatic rings. The molecule has 0 rings (SSSR count). The Bertz CT molecular complexity index is 2000. The summed E-state index contributed by atoms with van der Waals surface area (Å²) in [4.78, 5) is 73.1. The molecule has 0 saturated heterocycles.